The predicted molar refractivity (Wildman–Crippen MR) is 105 cm³/mol. The molecular formula is C21H27N4O3+. The van der Waals surface area contributed by atoms with Crippen LogP contribution in [-0.2, 0) is 26.3 Å². The van der Waals surface area contributed by atoms with E-state index in [4.69, 9.17) is 0 Å². The Hall–Kier alpha value is -3.22. The van der Waals surface area contributed by atoms with E-state index in [0.29, 0.717) is 6.42 Å². The Morgan fingerprint density at radius 1 is 1.04 bits per heavy atom. The van der Waals surface area contributed by atoms with Crippen molar-refractivity contribution >= 4 is 17.7 Å². The van der Waals surface area contributed by atoms with Crippen molar-refractivity contribution in [1.29, 1.82) is 0 Å². The molecule has 3 amide bonds. The number of pyridine rings is 1. The van der Waals surface area contributed by atoms with Gasteiger partial charge in [0.2, 0.25) is 11.8 Å². The van der Waals surface area contributed by atoms with Gasteiger partial charge in [0.1, 0.15) is 6.04 Å². The van der Waals surface area contributed by atoms with E-state index in [2.05, 4.69) is 16.0 Å². The summed E-state index contributed by atoms with van der Waals surface area (Å²) in [4.78, 5) is 36.9. The van der Waals surface area contributed by atoms with Crippen LogP contribution in [0.3, 0.4) is 0 Å². The molecule has 2 rings (SSSR count). The van der Waals surface area contributed by atoms with Crippen LogP contribution < -0.4 is 20.5 Å². The van der Waals surface area contributed by atoms with Crippen molar-refractivity contribution in [3.63, 3.8) is 0 Å². The maximum atomic E-state index is 12.8. The van der Waals surface area contributed by atoms with E-state index < -0.39 is 11.6 Å². The third kappa shape index (κ3) is 5.39. The molecule has 0 saturated carbocycles. The average molecular weight is 383 g/mol. The SMILES string of the molecule is CNC(=O)[C@](C)(CNC(=O)[C@H](Cc1ccccc1)NC(C)=O)[n+]1ccccc1. The fraction of sp³-hybridized carbons (Fsp3) is 0.333. The molecule has 0 fully saturated rings. The molecule has 0 aliphatic carbocycles. The quantitative estimate of drug-likeness (QED) is 0.573. The molecule has 0 radical (unpaired) electrons. The molecule has 0 saturated heterocycles. The summed E-state index contributed by atoms with van der Waals surface area (Å²) in [6.07, 6.45) is 3.91. The highest BCUT2D eigenvalue weighted by molar-refractivity contribution is 5.88. The molecule has 1 aromatic heterocycles. The van der Waals surface area contributed by atoms with Crippen LogP contribution in [0.4, 0.5) is 0 Å². The van der Waals surface area contributed by atoms with Gasteiger partial charge in [-0.15, -0.1) is 0 Å². The summed E-state index contributed by atoms with van der Waals surface area (Å²) >= 11 is 0. The average Bonchev–Trinajstić information content (AvgIpc) is 2.71. The number of nitrogens with one attached hydrogen (secondary N) is 3. The molecule has 0 bridgehead atoms. The van der Waals surface area contributed by atoms with Gasteiger partial charge in [-0.05, 0) is 5.56 Å². The van der Waals surface area contributed by atoms with E-state index in [-0.39, 0.29) is 24.3 Å². The van der Waals surface area contributed by atoms with E-state index in [9.17, 15) is 14.4 Å². The molecule has 0 spiro atoms. The normalized spacial score (nSPS) is 13.7. The minimum atomic E-state index is -1.01. The van der Waals surface area contributed by atoms with Crippen molar-refractivity contribution in [1.82, 2.24) is 16.0 Å². The van der Waals surface area contributed by atoms with E-state index in [1.165, 1.54) is 6.92 Å². The van der Waals surface area contributed by atoms with Crippen molar-refractivity contribution < 1.29 is 19.0 Å². The van der Waals surface area contributed by atoms with Crippen LogP contribution in [0.2, 0.25) is 0 Å². The number of nitrogens with zero attached hydrogens (tertiary/aromatic N) is 1. The number of hydrogen-bond donors (Lipinski definition) is 3. The van der Waals surface area contributed by atoms with E-state index in [1.54, 1.807) is 30.9 Å². The lowest BCUT2D eigenvalue weighted by Gasteiger charge is -2.24. The number of rotatable bonds is 8. The van der Waals surface area contributed by atoms with E-state index in [0.717, 1.165) is 5.56 Å². The fourth-order valence-electron chi connectivity index (χ4n) is 2.97. The smallest absolute Gasteiger partial charge is 0.293 e. The molecule has 0 aliphatic rings. The highest BCUT2D eigenvalue weighted by Crippen LogP contribution is 2.08. The Kier molecular flexibility index (Phi) is 7.26. The Labute approximate surface area is 165 Å². The third-order valence-electron chi connectivity index (χ3n) is 4.59. The Bertz CT molecular complexity index is 811. The number of likely N-dealkylation sites (N-methyl/N-ethyl adjacent to an activating group) is 1. The molecule has 0 unspecified atom stereocenters. The van der Waals surface area contributed by atoms with Gasteiger partial charge in [-0.25, -0.2) is 0 Å². The summed E-state index contributed by atoms with van der Waals surface area (Å²) in [6.45, 7) is 3.20. The molecule has 148 valence electrons. The molecule has 28 heavy (non-hydrogen) atoms. The van der Waals surface area contributed by atoms with Gasteiger partial charge in [-0.1, -0.05) is 36.4 Å². The van der Waals surface area contributed by atoms with Crippen LogP contribution in [-0.4, -0.2) is 37.4 Å². The molecule has 3 N–H and O–H groups in total. The molecule has 0 aliphatic heterocycles. The summed E-state index contributed by atoms with van der Waals surface area (Å²) in [7, 11) is 1.56. The maximum Gasteiger partial charge on any atom is 0.293 e. The summed E-state index contributed by atoms with van der Waals surface area (Å²) < 4.78 is 1.75. The van der Waals surface area contributed by atoms with E-state index in [1.807, 2.05) is 48.5 Å². The van der Waals surface area contributed by atoms with Crippen LogP contribution in [0.1, 0.15) is 19.4 Å². The predicted octanol–water partition coefficient (Wildman–Crippen LogP) is 0.299. The lowest BCUT2D eigenvalue weighted by molar-refractivity contribution is -0.743. The zero-order chi connectivity index (χ0) is 20.6. The highest BCUT2D eigenvalue weighted by atomic mass is 16.2. The first-order valence-corrected chi connectivity index (χ1v) is 9.14. The summed E-state index contributed by atoms with van der Waals surface area (Å²) in [5.41, 5.74) is -0.0815. The number of carbonyl (C=O) groups is 3. The topological polar surface area (TPSA) is 91.2 Å². The fourth-order valence-corrected chi connectivity index (χ4v) is 2.97. The van der Waals surface area contributed by atoms with Crippen LogP contribution >= 0.6 is 0 Å². The standard InChI is InChI=1S/C21H26N4O3/c1-16(26)24-18(14-17-10-6-4-7-11-17)19(27)23-15-21(2,20(28)22-3)25-12-8-5-9-13-25/h4-13,18H,14-15H2,1-3H3,(H2-,22,23,24,26,27,28)/p+1/t18-,21-/m0/s1. The van der Waals surface area contributed by atoms with Gasteiger partial charge in [0.25, 0.3) is 11.4 Å². The summed E-state index contributed by atoms with van der Waals surface area (Å²) in [5.74, 6) is -0.864. The molecule has 1 aromatic carbocycles. The summed E-state index contributed by atoms with van der Waals surface area (Å²) in [6, 6.07) is 14.2. The molecule has 1 heterocycles. The minimum Gasteiger partial charge on any atom is -0.353 e. The number of aromatic nitrogens is 1. The van der Waals surface area contributed by atoms with Gasteiger partial charge in [-0.3, -0.25) is 14.4 Å². The van der Waals surface area contributed by atoms with Crippen LogP contribution in [0, 0.1) is 0 Å². The van der Waals surface area contributed by atoms with Gasteiger partial charge >= 0.3 is 0 Å². The lowest BCUT2D eigenvalue weighted by Crippen LogP contribution is -2.67. The Morgan fingerprint density at radius 2 is 1.64 bits per heavy atom. The zero-order valence-corrected chi connectivity index (χ0v) is 16.4. The first-order valence-electron chi connectivity index (χ1n) is 9.14. The van der Waals surface area contributed by atoms with Crippen molar-refractivity contribution in [3.05, 3.63) is 66.5 Å². The second kappa shape index (κ2) is 9.64. The number of hydrogen-bond acceptors (Lipinski definition) is 3. The minimum absolute atomic E-state index is 0.0745. The maximum absolute atomic E-state index is 12.8. The molecule has 7 heteroatoms. The van der Waals surface area contributed by atoms with Gasteiger partial charge in [0, 0.05) is 39.4 Å². The molecule has 7 nitrogen and oxygen atoms in total. The van der Waals surface area contributed by atoms with Crippen LogP contribution in [0.5, 0.6) is 0 Å². The third-order valence-corrected chi connectivity index (χ3v) is 4.59. The molecular weight excluding hydrogens is 356 g/mol. The van der Waals surface area contributed by atoms with Gasteiger partial charge in [0.05, 0.1) is 6.54 Å². The molecule has 2 atom stereocenters. The van der Waals surface area contributed by atoms with Gasteiger partial charge in [-0.2, -0.15) is 4.57 Å². The zero-order valence-electron chi connectivity index (χ0n) is 16.4. The van der Waals surface area contributed by atoms with E-state index >= 15 is 0 Å². The van der Waals surface area contributed by atoms with Crippen molar-refractivity contribution in [2.75, 3.05) is 13.6 Å². The van der Waals surface area contributed by atoms with Crippen LogP contribution in [0.25, 0.3) is 0 Å². The van der Waals surface area contributed by atoms with Crippen molar-refractivity contribution in [2.24, 2.45) is 0 Å². The number of carbonyl (C=O) groups excluding carboxylic acids is 3. The Morgan fingerprint density at radius 3 is 2.21 bits per heavy atom. The lowest BCUT2D eigenvalue weighted by atomic mass is 9.99. The first kappa shape index (κ1) is 21.1. The number of amides is 3. The largest absolute Gasteiger partial charge is 0.353 e. The van der Waals surface area contributed by atoms with Gasteiger partial charge < -0.3 is 16.0 Å². The Balaban J connectivity index is 2.16. The van der Waals surface area contributed by atoms with Gasteiger partial charge in [0.15, 0.2) is 12.4 Å². The molecule has 2 aromatic rings. The highest BCUT2D eigenvalue weighted by Gasteiger charge is 2.42. The second-order valence-electron chi connectivity index (χ2n) is 6.80. The monoisotopic (exact) mass is 383 g/mol. The number of benzene rings is 1. The van der Waals surface area contributed by atoms with Crippen LogP contribution in [0.15, 0.2) is 60.9 Å². The summed E-state index contributed by atoms with van der Waals surface area (Å²) in [5, 5.41) is 8.16. The first-order chi connectivity index (χ1) is 13.4. The van der Waals surface area contributed by atoms with Crippen molar-refractivity contribution in [2.45, 2.75) is 31.8 Å². The second-order valence-corrected chi connectivity index (χ2v) is 6.80. The van der Waals surface area contributed by atoms with Crippen molar-refractivity contribution in [3.8, 4) is 0 Å².